The van der Waals surface area contributed by atoms with Gasteiger partial charge < -0.3 is 14.6 Å². The summed E-state index contributed by atoms with van der Waals surface area (Å²) in [4.78, 5) is 32.4. The van der Waals surface area contributed by atoms with Gasteiger partial charge in [-0.25, -0.2) is 0 Å². The third-order valence-corrected chi connectivity index (χ3v) is 5.88. The number of H-pyrrole nitrogens is 1. The SMILES string of the molecule is O=c1ccc2ccc(OCCCCN3CCN(c4cncc5cccnc45)CC3)nc2[nH]1. The Balaban J connectivity index is 1.06. The number of anilines is 1. The van der Waals surface area contributed by atoms with E-state index in [1.807, 2.05) is 36.8 Å². The lowest BCUT2D eigenvalue weighted by Gasteiger charge is -2.36. The summed E-state index contributed by atoms with van der Waals surface area (Å²) in [6, 6.07) is 11.0. The van der Waals surface area contributed by atoms with Crippen LogP contribution in [0.5, 0.6) is 5.88 Å². The van der Waals surface area contributed by atoms with E-state index in [1.54, 1.807) is 6.07 Å². The van der Waals surface area contributed by atoms with Crippen molar-refractivity contribution in [1.82, 2.24) is 24.8 Å². The monoisotopic (exact) mass is 430 g/mol. The molecule has 0 aromatic carbocycles. The summed E-state index contributed by atoms with van der Waals surface area (Å²) in [5.74, 6) is 0.547. The Labute approximate surface area is 185 Å². The Morgan fingerprint density at radius 3 is 2.75 bits per heavy atom. The second-order valence-corrected chi connectivity index (χ2v) is 8.03. The zero-order valence-electron chi connectivity index (χ0n) is 17.9. The zero-order chi connectivity index (χ0) is 21.8. The van der Waals surface area contributed by atoms with Gasteiger partial charge in [-0.15, -0.1) is 0 Å². The van der Waals surface area contributed by atoms with E-state index in [9.17, 15) is 4.79 Å². The number of fused-ring (bicyclic) bond motifs is 2. The fourth-order valence-corrected chi connectivity index (χ4v) is 4.13. The van der Waals surface area contributed by atoms with E-state index < -0.39 is 0 Å². The molecule has 5 rings (SSSR count). The van der Waals surface area contributed by atoms with Crippen molar-refractivity contribution in [1.29, 1.82) is 0 Å². The van der Waals surface area contributed by atoms with Crippen LogP contribution in [0.3, 0.4) is 0 Å². The van der Waals surface area contributed by atoms with Gasteiger partial charge in [0, 0.05) is 61.5 Å². The molecule has 1 aliphatic heterocycles. The van der Waals surface area contributed by atoms with Crippen LogP contribution in [0.15, 0.2) is 59.8 Å². The summed E-state index contributed by atoms with van der Waals surface area (Å²) in [6.45, 7) is 5.69. The number of rotatable bonds is 7. The average molecular weight is 431 g/mol. The van der Waals surface area contributed by atoms with E-state index in [0.29, 0.717) is 18.1 Å². The molecule has 4 aromatic heterocycles. The summed E-state index contributed by atoms with van der Waals surface area (Å²) in [7, 11) is 0. The molecule has 0 unspecified atom stereocenters. The maximum Gasteiger partial charge on any atom is 0.249 e. The summed E-state index contributed by atoms with van der Waals surface area (Å²) < 4.78 is 5.79. The summed E-state index contributed by atoms with van der Waals surface area (Å²) in [5.41, 5.74) is 2.56. The number of nitrogens with zero attached hydrogens (tertiary/aromatic N) is 5. The van der Waals surface area contributed by atoms with Crippen LogP contribution in [0.2, 0.25) is 0 Å². The molecule has 0 bridgehead atoms. The van der Waals surface area contributed by atoms with Gasteiger partial charge in [0.2, 0.25) is 11.4 Å². The number of aromatic amines is 1. The molecule has 0 saturated carbocycles. The number of ether oxygens (including phenoxy) is 1. The quantitative estimate of drug-likeness (QED) is 0.451. The molecule has 0 radical (unpaired) electrons. The Kier molecular flexibility index (Phi) is 5.93. The van der Waals surface area contributed by atoms with Gasteiger partial charge in [0.1, 0.15) is 5.65 Å². The number of aromatic nitrogens is 4. The predicted molar refractivity (Wildman–Crippen MR) is 125 cm³/mol. The third-order valence-electron chi connectivity index (χ3n) is 5.88. The molecule has 0 atom stereocenters. The topological polar surface area (TPSA) is 87.2 Å². The van der Waals surface area contributed by atoms with Crippen molar-refractivity contribution < 1.29 is 4.74 Å². The van der Waals surface area contributed by atoms with Crippen molar-refractivity contribution >= 4 is 27.6 Å². The van der Waals surface area contributed by atoms with E-state index in [-0.39, 0.29) is 5.56 Å². The maximum atomic E-state index is 11.5. The molecular formula is C24H26N6O2. The van der Waals surface area contributed by atoms with Crippen LogP contribution in [0.4, 0.5) is 5.69 Å². The first kappa shape index (κ1) is 20.4. The predicted octanol–water partition coefficient (Wildman–Crippen LogP) is 2.85. The standard InChI is InChI=1S/C24H26N6O2/c31-21-7-5-18-6-8-22(28-24(18)27-21)32-15-2-1-10-29-11-13-30(14-12-29)20-17-25-16-19-4-3-9-26-23(19)20/h3-9,16-17H,1-2,10-15H2,(H,27,28,31). The first-order valence-corrected chi connectivity index (χ1v) is 11.1. The molecule has 1 N–H and O–H groups in total. The molecule has 4 aromatic rings. The molecule has 8 nitrogen and oxygen atoms in total. The van der Waals surface area contributed by atoms with Crippen molar-refractivity contribution in [2.24, 2.45) is 0 Å². The molecule has 1 saturated heterocycles. The molecule has 1 aliphatic rings. The van der Waals surface area contributed by atoms with E-state index in [2.05, 4.69) is 35.8 Å². The van der Waals surface area contributed by atoms with E-state index in [4.69, 9.17) is 4.74 Å². The molecular weight excluding hydrogens is 404 g/mol. The van der Waals surface area contributed by atoms with E-state index in [1.165, 1.54) is 6.07 Å². The molecule has 32 heavy (non-hydrogen) atoms. The Morgan fingerprint density at radius 2 is 1.84 bits per heavy atom. The van der Waals surface area contributed by atoms with Crippen molar-refractivity contribution in [3.8, 4) is 5.88 Å². The van der Waals surface area contributed by atoms with Crippen LogP contribution in [-0.4, -0.2) is 64.2 Å². The molecule has 1 fully saturated rings. The number of piperazine rings is 1. The van der Waals surface area contributed by atoms with E-state index in [0.717, 1.165) is 67.5 Å². The summed E-state index contributed by atoms with van der Waals surface area (Å²) in [6.07, 6.45) is 7.68. The Morgan fingerprint density at radius 1 is 0.969 bits per heavy atom. The Hall–Kier alpha value is -3.52. The maximum absolute atomic E-state index is 11.5. The van der Waals surface area contributed by atoms with Crippen LogP contribution >= 0.6 is 0 Å². The fourth-order valence-electron chi connectivity index (χ4n) is 4.13. The van der Waals surface area contributed by atoms with Crippen molar-refractivity contribution in [3.05, 3.63) is 65.3 Å². The van der Waals surface area contributed by atoms with Crippen LogP contribution in [-0.2, 0) is 0 Å². The highest BCUT2D eigenvalue weighted by Crippen LogP contribution is 2.24. The van der Waals surface area contributed by atoms with E-state index >= 15 is 0 Å². The van der Waals surface area contributed by atoms with Gasteiger partial charge in [0.15, 0.2) is 0 Å². The minimum atomic E-state index is -0.157. The van der Waals surface area contributed by atoms with Crippen LogP contribution in [0, 0.1) is 0 Å². The van der Waals surface area contributed by atoms with Crippen LogP contribution in [0.1, 0.15) is 12.8 Å². The lowest BCUT2D eigenvalue weighted by Crippen LogP contribution is -2.46. The van der Waals surface area contributed by atoms with Gasteiger partial charge >= 0.3 is 0 Å². The number of hydrogen-bond donors (Lipinski definition) is 1. The van der Waals surface area contributed by atoms with Gasteiger partial charge in [0.25, 0.3) is 0 Å². The highest BCUT2D eigenvalue weighted by molar-refractivity contribution is 5.89. The highest BCUT2D eigenvalue weighted by Gasteiger charge is 2.19. The first-order valence-electron chi connectivity index (χ1n) is 11.1. The summed E-state index contributed by atoms with van der Waals surface area (Å²) >= 11 is 0. The largest absolute Gasteiger partial charge is 0.478 e. The van der Waals surface area contributed by atoms with Crippen molar-refractivity contribution in [2.45, 2.75) is 12.8 Å². The number of hydrogen-bond acceptors (Lipinski definition) is 7. The molecule has 0 amide bonds. The smallest absolute Gasteiger partial charge is 0.249 e. The highest BCUT2D eigenvalue weighted by atomic mass is 16.5. The minimum Gasteiger partial charge on any atom is -0.478 e. The molecule has 0 aliphatic carbocycles. The van der Waals surface area contributed by atoms with Crippen LogP contribution in [0.25, 0.3) is 21.9 Å². The average Bonchev–Trinajstić information content (AvgIpc) is 2.83. The normalized spacial score (nSPS) is 14.8. The third kappa shape index (κ3) is 4.55. The summed E-state index contributed by atoms with van der Waals surface area (Å²) in [5, 5.41) is 1.98. The van der Waals surface area contributed by atoms with Crippen LogP contribution < -0.4 is 15.2 Å². The van der Waals surface area contributed by atoms with Gasteiger partial charge in [-0.05, 0) is 43.7 Å². The van der Waals surface area contributed by atoms with Gasteiger partial charge in [-0.1, -0.05) is 0 Å². The van der Waals surface area contributed by atoms with Gasteiger partial charge in [-0.2, -0.15) is 4.98 Å². The number of pyridine rings is 4. The van der Waals surface area contributed by atoms with Gasteiger partial charge in [-0.3, -0.25) is 19.7 Å². The number of nitrogens with one attached hydrogen (secondary N) is 1. The second kappa shape index (κ2) is 9.32. The van der Waals surface area contributed by atoms with Crippen molar-refractivity contribution in [2.75, 3.05) is 44.2 Å². The number of unbranched alkanes of at least 4 members (excludes halogenated alkanes) is 1. The first-order chi connectivity index (χ1) is 15.8. The zero-order valence-corrected chi connectivity index (χ0v) is 17.9. The molecule has 5 heterocycles. The molecule has 0 spiro atoms. The van der Waals surface area contributed by atoms with Gasteiger partial charge in [0.05, 0.1) is 24.0 Å². The molecule has 164 valence electrons. The Bertz CT molecular complexity index is 1260. The second-order valence-electron chi connectivity index (χ2n) is 8.03. The van der Waals surface area contributed by atoms with Crippen molar-refractivity contribution in [3.63, 3.8) is 0 Å². The fraction of sp³-hybridized carbons (Fsp3) is 0.333. The lowest BCUT2D eigenvalue weighted by molar-refractivity contribution is 0.237. The minimum absolute atomic E-state index is 0.157. The molecule has 8 heteroatoms. The lowest BCUT2D eigenvalue weighted by atomic mass is 10.2.